The van der Waals surface area contributed by atoms with Gasteiger partial charge in [0.15, 0.2) is 0 Å². The van der Waals surface area contributed by atoms with Gasteiger partial charge in [-0.15, -0.1) is 0 Å². The molecule has 3 N–H and O–H groups in total. The zero-order valence-corrected chi connectivity index (χ0v) is 27.0. The van der Waals surface area contributed by atoms with Gasteiger partial charge in [-0.05, 0) is 25.5 Å². The Morgan fingerprint density at radius 3 is 2.14 bits per heavy atom. The van der Waals surface area contributed by atoms with E-state index in [0.29, 0.717) is 18.4 Å². The highest BCUT2D eigenvalue weighted by molar-refractivity contribution is 7.99. The van der Waals surface area contributed by atoms with Crippen LogP contribution in [0.25, 0.3) is 0 Å². The summed E-state index contributed by atoms with van der Waals surface area (Å²) in [5.74, 6) is 0.197. The molecule has 256 valence electrons. The van der Waals surface area contributed by atoms with Crippen molar-refractivity contribution in [1.82, 2.24) is 9.55 Å². The number of H-pyrrole nitrogens is 1. The molecule has 0 spiro atoms. The maximum atomic E-state index is 13.6. The summed E-state index contributed by atoms with van der Waals surface area (Å²) in [7, 11) is -4.46. The number of hydrogen-bond acceptors (Lipinski definition) is 8. The van der Waals surface area contributed by atoms with Gasteiger partial charge in [0, 0.05) is 18.6 Å². The Balaban J connectivity index is 1.45. The lowest BCUT2D eigenvalue weighted by molar-refractivity contribution is -0.135. The van der Waals surface area contributed by atoms with Gasteiger partial charge in [0.1, 0.15) is 12.3 Å². The molecule has 2 heterocycles. The number of ether oxygens (including phenoxy) is 1. The van der Waals surface area contributed by atoms with Crippen LogP contribution in [0.5, 0.6) is 0 Å². The first-order chi connectivity index (χ1) is 20.8. The van der Waals surface area contributed by atoms with E-state index in [0.717, 1.165) is 55.3 Å². The minimum absolute atomic E-state index is 0.0124. The van der Waals surface area contributed by atoms with Gasteiger partial charge in [0.05, 0.1) is 25.0 Å². The zero-order chi connectivity index (χ0) is 32.6. The topological polar surface area (TPSA) is 140 Å². The molecule has 0 bridgehead atoms. The molecule has 1 aromatic rings. The third-order valence-corrected chi connectivity index (χ3v) is 9.50. The highest BCUT2D eigenvalue weighted by Gasteiger charge is 2.42. The molecule has 10 nitrogen and oxygen atoms in total. The summed E-state index contributed by atoms with van der Waals surface area (Å²) in [4.78, 5) is 35.1. The molecule has 1 aliphatic heterocycles. The Bertz CT molecular complexity index is 1120. The number of phosphoric ester groups is 1. The van der Waals surface area contributed by atoms with E-state index in [1.54, 1.807) is 16.7 Å². The SMILES string of the molecule is C[C@@H](OP(=O)(O)OCCSCCCCCCCCCCCCCCCC(F)(F)F)[C@H]1O[C@@H](n2cc(F)c(=O)[nH]c2=O)C[C@@H]1O. The molecule has 0 amide bonds. The molecule has 5 atom stereocenters. The number of phosphoric acid groups is 1. The number of unbranched alkanes of at least 4 members (excludes halogenated alkanes) is 12. The van der Waals surface area contributed by atoms with Crippen LogP contribution in [-0.4, -0.2) is 62.2 Å². The van der Waals surface area contributed by atoms with Crippen LogP contribution in [-0.2, 0) is 18.3 Å². The standard InChI is InChI=1S/C28H47F4N2O8PS/c1-21(25-23(35)19-24(41-25)34-20-22(29)26(36)33-27(34)37)42-43(38,39)40-16-18-44-17-14-12-10-8-6-4-2-3-5-7-9-11-13-15-28(30,31)32/h20-21,23-25,35H,2-19H2,1H3,(H,38,39)(H,33,36,37)/t21-,23+,24-,25-/m1/s1. The summed E-state index contributed by atoms with van der Waals surface area (Å²) < 4.78 is 78.8. The monoisotopic (exact) mass is 678 g/mol. The third-order valence-electron chi connectivity index (χ3n) is 7.36. The number of aromatic nitrogens is 2. The average molecular weight is 679 g/mol. The molecule has 0 aromatic carbocycles. The molecule has 44 heavy (non-hydrogen) atoms. The van der Waals surface area contributed by atoms with Crippen LogP contribution in [0, 0.1) is 5.82 Å². The molecular weight excluding hydrogens is 631 g/mol. The molecule has 0 aliphatic carbocycles. The maximum Gasteiger partial charge on any atom is 0.472 e. The number of nitrogens with zero attached hydrogens (tertiary/aromatic N) is 1. The molecule has 1 saturated heterocycles. The average Bonchev–Trinajstić information content (AvgIpc) is 3.32. The number of alkyl halides is 3. The summed E-state index contributed by atoms with van der Waals surface area (Å²) in [5, 5.41) is 10.3. The predicted molar refractivity (Wildman–Crippen MR) is 160 cm³/mol. The lowest BCUT2D eigenvalue weighted by Crippen LogP contribution is -2.35. The van der Waals surface area contributed by atoms with E-state index in [-0.39, 0.29) is 19.4 Å². The summed E-state index contributed by atoms with van der Waals surface area (Å²) >= 11 is 1.60. The maximum absolute atomic E-state index is 13.6. The first kappa shape index (κ1) is 39.0. The van der Waals surface area contributed by atoms with Crippen molar-refractivity contribution in [2.45, 2.75) is 134 Å². The highest BCUT2D eigenvalue weighted by Crippen LogP contribution is 2.46. The second kappa shape index (κ2) is 20.1. The Labute approximate surface area is 259 Å². The van der Waals surface area contributed by atoms with E-state index in [1.807, 2.05) is 0 Å². The van der Waals surface area contributed by atoms with E-state index in [2.05, 4.69) is 0 Å². The number of aliphatic hydroxyl groups excluding tert-OH is 1. The number of aliphatic hydroxyl groups is 1. The van der Waals surface area contributed by atoms with Crippen LogP contribution in [0.3, 0.4) is 0 Å². The number of aromatic amines is 1. The normalized spacial score (nSPS) is 21.0. The Morgan fingerprint density at radius 1 is 1.02 bits per heavy atom. The van der Waals surface area contributed by atoms with Crippen LogP contribution in [0.2, 0.25) is 0 Å². The minimum Gasteiger partial charge on any atom is -0.390 e. The van der Waals surface area contributed by atoms with Crippen molar-refractivity contribution in [1.29, 1.82) is 0 Å². The smallest absolute Gasteiger partial charge is 0.390 e. The van der Waals surface area contributed by atoms with Crippen LogP contribution < -0.4 is 11.2 Å². The van der Waals surface area contributed by atoms with E-state index in [9.17, 15) is 41.7 Å². The molecule has 0 radical (unpaired) electrons. The van der Waals surface area contributed by atoms with Gasteiger partial charge in [-0.3, -0.25) is 23.4 Å². The summed E-state index contributed by atoms with van der Waals surface area (Å²) in [6.45, 7) is 1.39. The van der Waals surface area contributed by atoms with Crippen molar-refractivity contribution in [3.8, 4) is 0 Å². The molecule has 1 aromatic heterocycles. The minimum atomic E-state index is -4.46. The third kappa shape index (κ3) is 15.9. The Hall–Kier alpha value is -1.22. The quantitative estimate of drug-likeness (QED) is 0.0663. The molecule has 2 rings (SSSR count). The fourth-order valence-electron chi connectivity index (χ4n) is 5.03. The molecule has 16 heteroatoms. The van der Waals surface area contributed by atoms with Gasteiger partial charge in [-0.1, -0.05) is 70.6 Å². The fourth-order valence-corrected chi connectivity index (χ4v) is 6.89. The van der Waals surface area contributed by atoms with Crippen LogP contribution >= 0.6 is 19.6 Å². The van der Waals surface area contributed by atoms with E-state index in [4.69, 9.17) is 13.8 Å². The second-order valence-electron chi connectivity index (χ2n) is 11.2. The molecule has 0 saturated carbocycles. The van der Waals surface area contributed by atoms with Crippen LogP contribution in [0.15, 0.2) is 15.8 Å². The number of thioether (sulfide) groups is 1. The Morgan fingerprint density at radius 2 is 1.57 bits per heavy atom. The van der Waals surface area contributed by atoms with Gasteiger partial charge >= 0.3 is 19.7 Å². The molecule has 1 unspecified atom stereocenters. The number of rotatable bonds is 23. The fraction of sp³-hybridized carbons (Fsp3) is 0.857. The zero-order valence-electron chi connectivity index (χ0n) is 25.3. The van der Waals surface area contributed by atoms with Crippen molar-refractivity contribution < 1.29 is 45.9 Å². The Kier molecular flexibility index (Phi) is 17.8. The summed E-state index contributed by atoms with van der Waals surface area (Å²) in [6.07, 6.45) is 4.38. The summed E-state index contributed by atoms with van der Waals surface area (Å²) in [5.41, 5.74) is -2.10. The number of halogens is 4. The van der Waals surface area contributed by atoms with E-state index < -0.39 is 62.0 Å². The molecule has 1 fully saturated rings. The van der Waals surface area contributed by atoms with Gasteiger partial charge in [0.25, 0.3) is 5.56 Å². The predicted octanol–water partition coefficient (Wildman–Crippen LogP) is 6.60. The highest BCUT2D eigenvalue weighted by atomic mass is 32.2. The van der Waals surface area contributed by atoms with Gasteiger partial charge in [-0.25, -0.2) is 9.36 Å². The van der Waals surface area contributed by atoms with Gasteiger partial charge in [-0.2, -0.15) is 29.3 Å². The largest absolute Gasteiger partial charge is 0.472 e. The first-order valence-corrected chi connectivity index (χ1v) is 18.1. The number of hydrogen-bond donors (Lipinski definition) is 3. The van der Waals surface area contributed by atoms with Crippen molar-refractivity contribution in [2.24, 2.45) is 0 Å². The molecule has 1 aliphatic rings. The first-order valence-electron chi connectivity index (χ1n) is 15.4. The van der Waals surface area contributed by atoms with Crippen molar-refractivity contribution >= 4 is 19.6 Å². The van der Waals surface area contributed by atoms with Crippen molar-refractivity contribution in [3.05, 3.63) is 32.9 Å². The van der Waals surface area contributed by atoms with Gasteiger partial charge in [0.2, 0.25) is 5.82 Å². The van der Waals surface area contributed by atoms with E-state index in [1.165, 1.54) is 32.6 Å². The van der Waals surface area contributed by atoms with Crippen molar-refractivity contribution in [2.75, 3.05) is 18.1 Å². The van der Waals surface area contributed by atoms with Gasteiger partial charge < -0.3 is 14.7 Å². The lowest BCUT2D eigenvalue weighted by atomic mass is 10.0. The van der Waals surface area contributed by atoms with Crippen molar-refractivity contribution in [3.63, 3.8) is 0 Å². The number of nitrogens with one attached hydrogen (secondary N) is 1. The van der Waals surface area contributed by atoms with Crippen LogP contribution in [0.4, 0.5) is 17.6 Å². The molecular formula is C28H47F4N2O8PS. The lowest BCUT2D eigenvalue weighted by Gasteiger charge is -2.24. The van der Waals surface area contributed by atoms with E-state index >= 15 is 0 Å². The second-order valence-corrected chi connectivity index (χ2v) is 13.8. The van der Waals surface area contributed by atoms with Crippen LogP contribution in [0.1, 0.15) is 109 Å². The summed E-state index contributed by atoms with van der Waals surface area (Å²) in [6, 6.07) is 0.